The van der Waals surface area contributed by atoms with E-state index in [9.17, 15) is 13.2 Å². The molecule has 0 saturated carbocycles. The first kappa shape index (κ1) is 15.9. The Bertz CT molecular complexity index is 387. The fourth-order valence-corrected chi connectivity index (χ4v) is 2.28. The number of nitrogens with zero attached hydrogens (tertiary/aromatic N) is 1. The third-order valence-electron chi connectivity index (χ3n) is 3.40. The second-order valence-electron chi connectivity index (χ2n) is 4.56. The third kappa shape index (κ3) is 4.15. The number of hydrogen-bond acceptors (Lipinski definition) is 1. The molecule has 108 valence electrons. The molecule has 4 heteroatoms. The van der Waals surface area contributed by atoms with Gasteiger partial charge in [0, 0.05) is 18.8 Å². The topological polar surface area (TPSA) is 3.24 Å². The van der Waals surface area contributed by atoms with Crippen molar-refractivity contribution in [3.8, 4) is 0 Å². The maximum atomic E-state index is 12.6. The van der Waals surface area contributed by atoms with Crippen LogP contribution in [0.1, 0.15) is 39.2 Å². The van der Waals surface area contributed by atoms with Gasteiger partial charge in [0.05, 0.1) is 5.56 Å². The minimum Gasteiger partial charge on any atom is -0.371 e. The van der Waals surface area contributed by atoms with Crippen LogP contribution in [0.15, 0.2) is 24.3 Å². The first-order valence-electron chi connectivity index (χ1n) is 6.93. The van der Waals surface area contributed by atoms with Gasteiger partial charge in [0.25, 0.3) is 0 Å². The molecule has 0 radical (unpaired) electrons. The molecule has 1 saturated heterocycles. The standard InChI is InChI=1S/C13H16F3N.C2H6/c1-2-10-6-7-17(9-10)12-5-3-4-11(8-12)13(14,15)16;1-2/h3-5,8,10H,2,6-7,9H2,1H3;1-2H3. The van der Waals surface area contributed by atoms with Crippen molar-refractivity contribution in [1.29, 1.82) is 0 Å². The summed E-state index contributed by atoms with van der Waals surface area (Å²) in [4.78, 5) is 2.05. The molecule has 1 aromatic rings. The van der Waals surface area contributed by atoms with Crippen molar-refractivity contribution in [3.63, 3.8) is 0 Å². The number of benzene rings is 1. The Balaban J connectivity index is 0.000000861. The Labute approximate surface area is 113 Å². The van der Waals surface area contributed by atoms with Gasteiger partial charge in [-0.25, -0.2) is 0 Å². The van der Waals surface area contributed by atoms with Gasteiger partial charge in [0.1, 0.15) is 0 Å². The first-order chi connectivity index (χ1) is 9.00. The van der Waals surface area contributed by atoms with Gasteiger partial charge >= 0.3 is 6.18 Å². The van der Waals surface area contributed by atoms with Crippen LogP contribution in [0.3, 0.4) is 0 Å². The highest BCUT2D eigenvalue weighted by Gasteiger charge is 2.31. The predicted molar refractivity (Wildman–Crippen MR) is 73.4 cm³/mol. The van der Waals surface area contributed by atoms with Gasteiger partial charge in [-0.05, 0) is 30.5 Å². The van der Waals surface area contributed by atoms with Crippen LogP contribution in [-0.4, -0.2) is 13.1 Å². The van der Waals surface area contributed by atoms with Gasteiger partial charge < -0.3 is 4.90 Å². The molecule has 2 rings (SSSR count). The van der Waals surface area contributed by atoms with E-state index < -0.39 is 11.7 Å². The molecule has 1 atom stereocenters. The number of hydrogen-bond donors (Lipinski definition) is 0. The van der Waals surface area contributed by atoms with E-state index in [1.807, 2.05) is 18.7 Å². The van der Waals surface area contributed by atoms with Crippen LogP contribution in [-0.2, 0) is 6.18 Å². The molecule has 0 spiro atoms. The van der Waals surface area contributed by atoms with Crippen molar-refractivity contribution < 1.29 is 13.2 Å². The lowest BCUT2D eigenvalue weighted by atomic mass is 10.1. The summed E-state index contributed by atoms with van der Waals surface area (Å²) in [5.41, 5.74) is 0.130. The molecule has 0 aromatic heterocycles. The lowest BCUT2D eigenvalue weighted by molar-refractivity contribution is -0.137. The highest BCUT2D eigenvalue weighted by molar-refractivity contribution is 5.50. The van der Waals surface area contributed by atoms with E-state index in [4.69, 9.17) is 0 Å². The molecule has 0 aliphatic carbocycles. The van der Waals surface area contributed by atoms with Crippen LogP contribution in [0.4, 0.5) is 18.9 Å². The van der Waals surface area contributed by atoms with Crippen molar-refractivity contribution in [3.05, 3.63) is 29.8 Å². The Morgan fingerprint density at radius 3 is 2.47 bits per heavy atom. The molecule has 1 nitrogen and oxygen atoms in total. The smallest absolute Gasteiger partial charge is 0.371 e. The maximum absolute atomic E-state index is 12.6. The highest BCUT2D eigenvalue weighted by atomic mass is 19.4. The minimum absolute atomic E-state index is 0.560. The van der Waals surface area contributed by atoms with Gasteiger partial charge in [0.15, 0.2) is 0 Å². The largest absolute Gasteiger partial charge is 0.416 e. The van der Waals surface area contributed by atoms with Crippen molar-refractivity contribution in [2.45, 2.75) is 39.8 Å². The summed E-state index contributed by atoms with van der Waals surface area (Å²) in [6, 6.07) is 5.61. The Morgan fingerprint density at radius 2 is 1.95 bits per heavy atom. The zero-order chi connectivity index (χ0) is 14.5. The molecule has 19 heavy (non-hydrogen) atoms. The maximum Gasteiger partial charge on any atom is 0.416 e. The average Bonchev–Trinajstić information content (AvgIpc) is 2.89. The van der Waals surface area contributed by atoms with Gasteiger partial charge in [-0.15, -0.1) is 0 Å². The second-order valence-corrected chi connectivity index (χ2v) is 4.56. The molecular formula is C15H22F3N. The van der Waals surface area contributed by atoms with Crippen LogP contribution in [0.5, 0.6) is 0 Å². The number of halogens is 3. The van der Waals surface area contributed by atoms with Crippen LogP contribution < -0.4 is 4.90 Å². The predicted octanol–water partition coefficient (Wildman–Crippen LogP) is 4.97. The summed E-state index contributed by atoms with van der Waals surface area (Å²) in [5.74, 6) is 0.615. The minimum atomic E-state index is -4.25. The number of rotatable bonds is 2. The van der Waals surface area contributed by atoms with Crippen LogP contribution in [0.25, 0.3) is 0 Å². The lowest BCUT2D eigenvalue weighted by Crippen LogP contribution is -2.20. The van der Waals surface area contributed by atoms with E-state index in [1.165, 1.54) is 12.1 Å². The third-order valence-corrected chi connectivity index (χ3v) is 3.40. The number of alkyl halides is 3. The van der Waals surface area contributed by atoms with Gasteiger partial charge in [-0.3, -0.25) is 0 Å². The summed E-state index contributed by atoms with van der Waals surface area (Å²) in [6.45, 7) is 7.86. The number of anilines is 1. The van der Waals surface area contributed by atoms with Crippen molar-refractivity contribution in [2.75, 3.05) is 18.0 Å². The fraction of sp³-hybridized carbons (Fsp3) is 0.600. The van der Waals surface area contributed by atoms with Gasteiger partial charge in [0.2, 0.25) is 0 Å². The average molecular weight is 273 g/mol. The van der Waals surface area contributed by atoms with Crippen LogP contribution >= 0.6 is 0 Å². The van der Waals surface area contributed by atoms with E-state index >= 15 is 0 Å². The molecule has 1 aliphatic heterocycles. The molecule has 1 aromatic carbocycles. The van der Waals surface area contributed by atoms with E-state index in [0.717, 1.165) is 32.0 Å². The van der Waals surface area contributed by atoms with Crippen molar-refractivity contribution >= 4 is 5.69 Å². The first-order valence-corrected chi connectivity index (χ1v) is 6.93. The molecule has 0 bridgehead atoms. The van der Waals surface area contributed by atoms with Gasteiger partial charge in [-0.1, -0.05) is 33.3 Å². The molecule has 1 unspecified atom stereocenters. The summed E-state index contributed by atoms with van der Waals surface area (Å²) < 4.78 is 37.7. The lowest BCUT2D eigenvalue weighted by Gasteiger charge is -2.19. The van der Waals surface area contributed by atoms with Crippen molar-refractivity contribution in [1.82, 2.24) is 0 Å². The summed E-state index contributed by atoms with van der Waals surface area (Å²) in [7, 11) is 0. The summed E-state index contributed by atoms with van der Waals surface area (Å²) in [5, 5.41) is 0. The molecule has 1 heterocycles. The van der Waals surface area contributed by atoms with Gasteiger partial charge in [-0.2, -0.15) is 13.2 Å². The van der Waals surface area contributed by atoms with Crippen LogP contribution in [0, 0.1) is 5.92 Å². The monoisotopic (exact) mass is 273 g/mol. The highest BCUT2D eigenvalue weighted by Crippen LogP contribution is 2.33. The van der Waals surface area contributed by atoms with Crippen molar-refractivity contribution in [2.24, 2.45) is 5.92 Å². The molecule has 0 N–H and O–H groups in total. The molecule has 1 aliphatic rings. The van der Waals surface area contributed by atoms with E-state index in [2.05, 4.69) is 6.92 Å². The van der Waals surface area contributed by atoms with Crippen LogP contribution in [0.2, 0.25) is 0 Å². The van der Waals surface area contributed by atoms with E-state index in [1.54, 1.807) is 6.07 Å². The molecule has 0 amide bonds. The molecular weight excluding hydrogens is 251 g/mol. The Hall–Kier alpha value is -1.19. The SMILES string of the molecule is CC.CCC1CCN(c2cccc(C(F)(F)F)c2)C1. The Kier molecular flexibility index (Phi) is 5.70. The van der Waals surface area contributed by atoms with E-state index in [-0.39, 0.29) is 0 Å². The zero-order valence-electron chi connectivity index (χ0n) is 11.8. The Morgan fingerprint density at radius 1 is 1.26 bits per heavy atom. The second kappa shape index (κ2) is 6.83. The normalized spacial score (nSPS) is 19.1. The quantitative estimate of drug-likeness (QED) is 0.735. The van der Waals surface area contributed by atoms with E-state index in [0.29, 0.717) is 11.6 Å². The summed E-state index contributed by atoms with van der Waals surface area (Å²) in [6.07, 6.45) is -2.08. The zero-order valence-corrected chi connectivity index (χ0v) is 11.8. The molecule has 1 fully saturated rings. The fourth-order valence-electron chi connectivity index (χ4n) is 2.28. The summed E-state index contributed by atoms with van der Waals surface area (Å²) >= 11 is 0.